The molecule has 0 saturated carbocycles. The molecule has 0 radical (unpaired) electrons. The molecule has 0 unspecified atom stereocenters. The zero-order chi connectivity index (χ0) is 17.6. The van der Waals surface area contributed by atoms with E-state index in [2.05, 4.69) is 32.0 Å². The van der Waals surface area contributed by atoms with Gasteiger partial charge in [-0.2, -0.15) is 0 Å². The van der Waals surface area contributed by atoms with Gasteiger partial charge in [-0.3, -0.25) is 14.6 Å². The van der Waals surface area contributed by atoms with Gasteiger partial charge in [0.2, 0.25) is 5.91 Å². The number of hydrogen-bond acceptors (Lipinski definition) is 5. The Balaban J connectivity index is 1.49. The molecule has 7 heteroatoms. The van der Waals surface area contributed by atoms with Crippen molar-refractivity contribution in [2.24, 2.45) is 0 Å². The molecular weight excluding hydrogens is 318 g/mol. The predicted octanol–water partition coefficient (Wildman–Crippen LogP) is 1.22. The molecule has 3 rings (SSSR count). The Labute approximate surface area is 148 Å². The molecule has 1 aliphatic heterocycles. The number of H-pyrrole nitrogens is 1. The van der Waals surface area contributed by atoms with Crippen LogP contribution in [0.5, 0.6) is 5.75 Å². The highest BCUT2D eigenvalue weighted by Crippen LogP contribution is 2.19. The van der Waals surface area contributed by atoms with E-state index in [4.69, 9.17) is 4.74 Å². The average molecular weight is 345 g/mol. The highest BCUT2D eigenvalue weighted by atomic mass is 16.5. The number of methoxy groups -OCH3 is 1. The monoisotopic (exact) mass is 345 g/mol. The number of nitrogens with one attached hydrogen (secondary N) is 2. The van der Waals surface area contributed by atoms with Crippen LogP contribution in [-0.4, -0.2) is 72.1 Å². The number of piperazine rings is 1. The average Bonchev–Trinajstić information content (AvgIpc) is 3.02. The predicted molar refractivity (Wildman–Crippen MR) is 97.7 cm³/mol. The summed E-state index contributed by atoms with van der Waals surface area (Å²) in [4.78, 5) is 24.4. The molecule has 2 heterocycles. The second-order valence-electron chi connectivity index (χ2n) is 6.47. The zero-order valence-corrected chi connectivity index (χ0v) is 15.0. The number of aromatic amines is 1. The lowest BCUT2D eigenvalue weighted by molar-refractivity contribution is -0.122. The third kappa shape index (κ3) is 4.70. The molecule has 7 nitrogen and oxygen atoms in total. The van der Waals surface area contributed by atoms with Crippen LogP contribution in [0.4, 0.5) is 0 Å². The topological polar surface area (TPSA) is 73.5 Å². The molecule has 0 spiro atoms. The molecule has 1 saturated heterocycles. The number of carbonyl (C=O) groups is 1. The van der Waals surface area contributed by atoms with Crippen molar-refractivity contribution in [3.63, 3.8) is 0 Å². The van der Waals surface area contributed by atoms with Gasteiger partial charge < -0.3 is 15.0 Å². The van der Waals surface area contributed by atoms with E-state index in [0.29, 0.717) is 6.54 Å². The van der Waals surface area contributed by atoms with Crippen LogP contribution < -0.4 is 10.1 Å². The maximum absolute atomic E-state index is 11.8. The fourth-order valence-electron chi connectivity index (χ4n) is 3.08. The van der Waals surface area contributed by atoms with Gasteiger partial charge in [0.25, 0.3) is 0 Å². The van der Waals surface area contributed by atoms with E-state index in [1.54, 1.807) is 7.11 Å². The summed E-state index contributed by atoms with van der Waals surface area (Å²) in [5.74, 6) is 1.93. The Morgan fingerprint density at radius 1 is 1.28 bits per heavy atom. The van der Waals surface area contributed by atoms with Gasteiger partial charge >= 0.3 is 0 Å². The van der Waals surface area contributed by atoms with Crippen molar-refractivity contribution in [1.29, 1.82) is 0 Å². The van der Waals surface area contributed by atoms with Crippen LogP contribution >= 0.6 is 0 Å². The lowest BCUT2D eigenvalue weighted by atomic mass is 10.3. The molecule has 1 aromatic heterocycles. The standard InChI is InChI=1S/C18H27N5O2/c1-3-6-19-18(24)13-23-9-7-22(8-10-23)12-17-20-15-5-4-14(25-2)11-16(15)21-17/h4-5,11H,3,6-10,12-13H2,1-2H3,(H,19,24)(H,20,21). The van der Waals surface area contributed by atoms with Crippen molar-refractivity contribution in [3.8, 4) is 5.75 Å². The molecule has 136 valence electrons. The number of amides is 1. The Bertz CT molecular complexity index is 707. The Kier molecular flexibility index (Phi) is 5.88. The summed E-state index contributed by atoms with van der Waals surface area (Å²) in [5.41, 5.74) is 1.96. The summed E-state index contributed by atoms with van der Waals surface area (Å²) in [7, 11) is 1.67. The lowest BCUT2D eigenvalue weighted by Gasteiger charge is -2.33. The first-order chi connectivity index (χ1) is 12.2. The van der Waals surface area contributed by atoms with Gasteiger partial charge in [-0.05, 0) is 18.6 Å². The second-order valence-corrected chi connectivity index (χ2v) is 6.47. The zero-order valence-electron chi connectivity index (χ0n) is 15.0. The fraction of sp³-hybridized carbons (Fsp3) is 0.556. The van der Waals surface area contributed by atoms with Gasteiger partial charge in [-0.25, -0.2) is 4.98 Å². The number of ether oxygens (including phenoxy) is 1. The van der Waals surface area contributed by atoms with E-state index in [1.165, 1.54) is 0 Å². The minimum absolute atomic E-state index is 0.126. The largest absolute Gasteiger partial charge is 0.497 e. The number of imidazole rings is 1. The van der Waals surface area contributed by atoms with Crippen molar-refractivity contribution >= 4 is 16.9 Å². The number of aromatic nitrogens is 2. The fourth-order valence-corrected chi connectivity index (χ4v) is 3.08. The van der Waals surface area contributed by atoms with E-state index < -0.39 is 0 Å². The highest BCUT2D eigenvalue weighted by Gasteiger charge is 2.19. The maximum Gasteiger partial charge on any atom is 0.234 e. The number of fused-ring (bicyclic) bond motifs is 1. The van der Waals surface area contributed by atoms with Crippen LogP contribution in [0.3, 0.4) is 0 Å². The molecule has 2 aromatic rings. The molecule has 1 fully saturated rings. The minimum atomic E-state index is 0.126. The second kappa shape index (κ2) is 8.31. The van der Waals surface area contributed by atoms with Crippen LogP contribution in [0.15, 0.2) is 18.2 Å². The summed E-state index contributed by atoms with van der Waals surface area (Å²) in [6.07, 6.45) is 0.975. The third-order valence-corrected chi connectivity index (χ3v) is 4.52. The first-order valence-corrected chi connectivity index (χ1v) is 8.92. The summed E-state index contributed by atoms with van der Waals surface area (Å²) in [6.45, 7) is 7.83. The Morgan fingerprint density at radius 2 is 2.04 bits per heavy atom. The van der Waals surface area contributed by atoms with E-state index in [1.807, 2.05) is 18.2 Å². The molecule has 1 aliphatic rings. The Hall–Kier alpha value is -2.12. The first-order valence-electron chi connectivity index (χ1n) is 8.92. The highest BCUT2D eigenvalue weighted by molar-refractivity contribution is 5.78. The summed E-state index contributed by atoms with van der Waals surface area (Å²) in [5, 5.41) is 2.94. The van der Waals surface area contributed by atoms with Crippen LogP contribution in [0.25, 0.3) is 11.0 Å². The number of hydrogen-bond donors (Lipinski definition) is 2. The Morgan fingerprint density at radius 3 is 2.76 bits per heavy atom. The van der Waals surface area contributed by atoms with Gasteiger partial charge in [0.05, 0.1) is 31.2 Å². The molecular formula is C18H27N5O2. The van der Waals surface area contributed by atoms with Crippen molar-refractivity contribution in [3.05, 3.63) is 24.0 Å². The summed E-state index contributed by atoms with van der Waals surface area (Å²) < 4.78 is 5.25. The van der Waals surface area contributed by atoms with Crippen LogP contribution in [0, 0.1) is 0 Å². The quantitative estimate of drug-likeness (QED) is 0.789. The van der Waals surface area contributed by atoms with Crippen molar-refractivity contribution in [1.82, 2.24) is 25.1 Å². The number of nitrogens with zero attached hydrogens (tertiary/aromatic N) is 3. The third-order valence-electron chi connectivity index (χ3n) is 4.52. The maximum atomic E-state index is 11.8. The van der Waals surface area contributed by atoms with Crippen LogP contribution in [0.2, 0.25) is 0 Å². The minimum Gasteiger partial charge on any atom is -0.497 e. The smallest absolute Gasteiger partial charge is 0.234 e. The number of benzene rings is 1. The molecule has 0 bridgehead atoms. The normalized spacial score (nSPS) is 16.2. The summed E-state index contributed by atoms with van der Waals surface area (Å²) >= 11 is 0. The summed E-state index contributed by atoms with van der Waals surface area (Å²) in [6, 6.07) is 5.87. The van der Waals surface area contributed by atoms with Gasteiger partial charge in [-0.15, -0.1) is 0 Å². The lowest BCUT2D eigenvalue weighted by Crippen LogP contribution is -2.49. The molecule has 2 N–H and O–H groups in total. The van der Waals surface area contributed by atoms with Gasteiger partial charge in [0, 0.05) is 38.8 Å². The molecule has 25 heavy (non-hydrogen) atoms. The van der Waals surface area contributed by atoms with Gasteiger partial charge in [-0.1, -0.05) is 6.92 Å². The first kappa shape index (κ1) is 17.7. The molecule has 1 amide bonds. The van der Waals surface area contributed by atoms with E-state index in [-0.39, 0.29) is 5.91 Å². The van der Waals surface area contributed by atoms with Crippen LogP contribution in [0.1, 0.15) is 19.2 Å². The van der Waals surface area contributed by atoms with E-state index >= 15 is 0 Å². The van der Waals surface area contributed by atoms with Gasteiger partial charge in [0.1, 0.15) is 11.6 Å². The SMILES string of the molecule is CCCNC(=O)CN1CCN(Cc2nc3ccc(OC)cc3[nH]2)CC1. The molecule has 0 atom stereocenters. The van der Waals surface area contributed by atoms with E-state index in [0.717, 1.165) is 68.3 Å². The van der Waals surface area contributed by atoms with Crippen molar-refractivity contribution in [2.45, 2.75) is 19.9 Å². The number of rotatable bonds is 7. The number of carbonyl (C=O) groups excluding carboxylic acids is 1. The van der Waals surface area contributed by atoms with Gasteiger partial charge in [0.15, 0.2) is 0 Å². The van der Waals surface area contributed by atoms with Crippen LogP contribution in [-0.2, 0) is 11.3 Å². The van der Waals surface area contributed by atoms with E-state index in [9.17, 15) is 4.79 Å². The van der Waals surface area contributed by atoms with Crippen molar-refractivity contribution in [2.75, 3.05) is 46.4 Å². The van der Waals surface area contributed by atoms with Crippen molar-refractivity contribution < 1.29 is 9.53 Å². The molecule has 1 aromatic carbocycles. The molecule has 0 aliphatic carbocycles.